The Morgan fingerprint density at radius 2 is 2.14 bits per heavy atom. The molecular formula is C16H18N4S. The van der Waals surface area contributed by atoms with Gasteiger partial charge >= 0.3 is 0 Å². The summed E-state index contributed by atoms with van der Waals surface area (Å²) < 4.78 is 0. The van der Waals surface area contributed by atoms with Crippen LogP contribution in [-0.4, -0.2) is 27.1 Å². The summed E-state index contributed by atoms with van der Waals surface area (Å²) >= 11 is 1.77. The molecule has 21 heavy (non-hydrogen) atoms. The van der Waals surface area contributed by atoms with E-state index in [0.717, 1.165) is 24.5 Å². The first-order valence-corrected chi connectivity index (χ1v) is 7.71. The van der Waals surface area contributed by atoms with E-state index in [4.69, 9.17) is 0 Å². The lowest BCUT2D eigenvalue weighted by atomic mass is 10.2. The van der Waals surface area contributed by atoms with Gasteiger partial charge in [0.15, 0.2) is 0 Å². The molecule has 0 saturated carbocycles. The Hall–Kier alpha value is -1.98. The van der Waals surface area contributed by atoms with Gasteiger partial charge in [-0.25, -0.2) is 0 Å². The average molecular weight is 298 g/mol. The van der Waals surface area contributed by atoms with Gasteiger partial charge in [0, 0.05) is 36.1 Å². The van der Waals surface area contributed by atoms with Gasteiger partial charge in [0.05, 0.1) is 4.88 Å². The molecule has 0 atom stereocenters. The van der Waals surface area contributed by atoms with E-state index < -0.39 is 0 Å². The number of nitrogens with zero attached hydrogens (tertiary/aromatic N) is 3. The van der Waals surface area contributed by atoms with Crippen molar-refractivity contribution in [3.05, 3.63) is 58.9 Å². The SMILES string of the molecule is Cc1ccc(-c2cc(CN(C)Cc3cccnc3)[nH]n2)s1. The predicted molar refractivity (Wildman–Crippen MR) is 86.0 cm³/mol. The van der Waals surface area contributed by atoms with Crippen molar-refractivity contribution in [1.29, 1.82) is 0 Å². The maximum atomic E-state index is 4.41. The maximum absolute atomic E-state index is 4.41. The van der Waals surface area contributed by atoms with Gasteiger partial charge in [0.2, 0.25) is 0 Å². The minimum absolute atomic E-state index is 0.840. The van der Waals surface area contributed by atoms with E-state index in [0.29, 0.717) is 0 Å². The molecule has 0 saturated heterocycles. The van der Waals surface area contributed by atoms with Crippen molar-refractivity contribution < 1.29 is 0 Å². The Balaban J connectivity index is 1.64. The molecule has 108 valence electrons. The lowest BCUT2D eigenvalue weighted by Crippen LogP contribution is -2.17. The van der Waals surface area contributed by atoms with Crippen LogP contribution in [0, 0.1) is 6.92 Å². The molecule has 4 nitrogen and oxygen atoms in total. The fourth-order valence-electron chi connectivity index (χ4n) is 2.29. The zero-order chi connectivity index (χ0) is 14.7. The lowest BCUT2D eigenvalue weighted by Gasteiger charge is -2.14. The van der Waals surface area contributed by atoms with Crippen molar-refractivity contribution >= 4 is 11.3 Å². The summed E-state index contributed by atoms with van der Waals surface area (Å²) in [4.78, 5) is 8.91. The lowest BCUT2D eigenvalue weighted by molar-refractivity contribution is 0.314. The van der Waals surface area contributed by atoms with Crippen LogP contribution in [0.1, 0.15) is 16.1 Å². The maximum Gasteiger partial charge on any atom is 0.102 e. The molecule has 0 fully saturated rings. The van der Waals surface area contributed by atoms with Crippen LogP contribution in [0.3, 0.4) is 0 Å². The molecule has 0 unspecified atom stereocenters. The highest BCUT2D eigenvalue weighted by molar-refractivity contribution is 7.15. The van der Waals surface area contributed by atoms with Crippen LogP contribution < -0.4 is 0 Å². The van der Waals surface area contributed by atoms with Gasteiger partial charge < -0.3 is 0 Å². The number of aryl methyl sites for hydroxylation is 1. The van der Waals surface area contributed by atoms with E-state index in [-0.39, 0.29) is 0 Å². The van der Waals surface area contributed by atoms with Crippen LogP contribution in [0.15, 0.2) is 42.7 Å². The minimum Gasteiger partial charge on any atom is -0.296 e. The first kappa shape index (κ1) is 14.0. The van der Waals surface area contributed by atoms with Gasteiger partial charge in [-0.05, 0) is 43.8 Å². The Labute approximate surface area is 128 Å². The van der Waals surface area contributed by atoms with Crippen molar-refractivity contribution in [3.8, 4) is 10.6 Å². The largest absolute Gasteiger partial charge is 0.296 e. The quantitative estimate of drug-likeness (QED) is 0.784. The molecule has 0 aromatic carbocycles. The van der Waals surface area contributed by atoms with Crippen molar-refractivity contribution in [2.45, 2.75) is 20.0 Å². The smallest absolute Gasteiger partial charge is 0.102 e. The second kappa shape index (κ2) is 6.20. The first-order chi connectivity index (χ1) is 10.2. The molecule has 0 aliphatic carbocycles. The molecule has 1 N–H and O–H groups in total. The Morgan fingerprint density at radius 1 is 1.24 bits per heavy atom. The van der Waals surface area contributed by atoms with Crippen molar-refractivity contribution in [1.82, 2.24) is 20.1 Å². The van der Waals surface area contributed by atoms with E-state index in [1.807, 2.05) is 12.3 Å². The number of hydrogen-bond acceptors (Lipinski definition) is 4. The number of thiophene rings is 1. The second-order valence-corrected chi connectivity index (χ2v) is 6.51. The van der Waals surface area contributed by atoms with Gasteiger partial charge in [-0.3, -0.25) is 15.0 Å². The van der Waals surface area contributed by atoms with Crippen molar-refractivity contribution in [3.63, 3.8) is 0 Å². The van der Waals surface area contributed by atoms with E-state index in [1.165, 1.54) is 15.3 Å². The highest BCUT2D eigenvalue weighted by Crippen LogP contribution is 2.26. The first-order valence-electron chi connectivity index (χ1n) is 6.89. The summed E-state index contributed by atoms with van der Waals surface area (Å²) in [6.07, 6.45) is 3.71. The van der Waals surface area contributed by atoms with Crippen LogP contribution in [0.25, 0.3) is 10.6 Å². The molecule has 0 radical (unpaired) electrons. The van der Waals surface area contributed by atoms with Crippen LogP contribution in [0.2, 0.25) is 0 Å². The van der Waals surface area contributed by atoms with Gasteiger partial charge in [-0.15, -0.1) is 11.3 Å². The molecule has 3 aromatic rings. The highest BCUT2D eigenvalue weighted by Gasteiger charge is 2.08. The number of nitrogens with one attached hydrogen (secondary N) is 1. The van der Waals surface area contributed by atoms with E-state index in [9.17, 15) is 0 Å². The third kappa shape index (κ3) is 3.56. The third-order valence-electron chi connectivity index (χ3n) is 3.24. The zero-order valence-electron chi connectivity index (χ0n) is 12.2. The average Bonchev–Trinajstić information content (AvgIpc) is 3.09. The monoisotopic (exact) mass is 298 g/mol. The van der Waals surface area contributed by atoms with Crippen LogP contribution in [-0.2, 0) is 13.1 Å². The Bertz CT molecular complexity index is 702. The summed E-state index contributed by atoms with van der Waals surface area (Å²) in [5.41, 5.74) is 3.37. The number of H-pyrrole nitrogens is 1. The molecule has 0 bridgehead atoms. The highest BCUT2D eigenvalue weighted by atomic mass is 32.1. The zero-order valence-corrected chi connectivity index (χ0v) is 13.0. The Kier molecular flexibility index (Phi) is 4.13. The number of pyridine rings is 1. The normalized spacial score (nSPS) is 11.2. The van der Waals surface area contributed by atoms with Gasteiger partial charge in [0.25, 0.3) is 0 Å². The van der Waals surface area contributed by atoms with E-state index in [1.54, 1.807) is 17.5 Å². The molecule has 3 heterocycles. The van der Waals surface area contributed by atoms with Crippen molar-refractivity contribution in [2.24, 2.45) is 0 Å². The van der Waals surface area contributed by atoms with Gasteiger partial charge in [-0.2, -0.15) is 5.10 Å². The molecule has 0 aliphatic rings. The molecule has 0 spiro atoms. The standard InChI is InChI=1S/C16H18N4S/c1-12-5-6-16(21-12)15-8-14(18-19-15)11-20(2)10-13-4-3-7-17-9-13/h3-9H,10-11H2,1-2H3,(H,18,19). The predicted octanol–water partition coefficient (Wildman–Crippen LogP) is 3.47. The number of aromatic nitrogens is 3. The van der Waals surface area contributed by atoms with Gasteiger partial charge in [0.1, 0.15) is 5.69 Å². The van der Waals surface area contributed by atoms with Crippen LogP contribution >= 0.6 is 11.3 Å². The number of rotatable bonds is 5. The van der Waals surface area contributed by atoms with Crippen molar-refractivity contribution in [2.75, 3.05) is 7.05 Å². The van der Waals surface area contributed by atoms with Crippen LogP contribution in [0.4, 0.5) is 0 Å². The number of aromatic amines is 1. The third-order valence-corrected chi connectivity index (χ3v) is 4.26. The molecule has 0 amide bonds. The summed E-state index contributed by atoms with van der Waals surface area (Å²) in [7, 11) is 2.10. The minimum atomic E-state index is 0.840. The molecule has 5 heteroatoms. The number of hydrogen-bond donors (Lipinski definition) is 1. The summed E-state index contributed by atoms with van der Waals surface area (Å²) in [5.74, 6) is 0. The fraction of sp³-hybridized carbons (Fsp3) is 0.250. The second-order valence-electron chi connectivity index (χ2n) is 5.22. The van der Waals surface area contributed by atoms with Gasteiger partial charge in [-0.1, -0.05) is 6.07 Å². The van der Waals surface area contributed by atoms with Crippen LogP contribution in [0.5, 0.6) is 0 Å². The topological polar surface area (TPSA) is 44.8 Å². The molecule has 0 aliphatic heterocycles. The summed E-state index contributed by atoms with van der Waals surface area (Å²) in [6.45, 7) is 3.83. The molecule has 3 aromatic heterocycles. The van der Waals surface area contributed by atoms with E-state index in [2.05, 4.69) is 58.3 Å². The summed E-state index contributed by atoms with van der Waals surface area (Å²) in [6, 6.07) is 10.4. The molecular weight excluding hydrogens is 280 g/mol. The fourth-order valence-corrected chi connectivity index (χ4v) is 3.12. The Morgan fingerprint density at radius 3 is 2.86 bits per heavy atom. The van der Waals surface area contributed by atoms with E-state index >= 15 is 0 Å². The summed E-state index contributed by atoms with van der Waals surface area (Å²) in [5, 5.41) is 7.54. The molecule has 3 rings (SSSR count).